The zero-order chi connectivity index (χ0) is 51.1. The van der Waals surface area contributed by atoms with E-state index >= 15 is 0 Å². The molecule has 9 rings (SSSR count). The van der Waals surface area contributed by atoms with Crippen molar-refractivity contribution in [2.45, 2.75) is 61.3 Å². The number of nitrogens with one attached hydrogen (secondary N) is 3. The maximum Gasteiger partial charge on any atom is 0.336 e. The van der Waals surface area contributed by atoms with Crippen molar-refractivity contribution < 1.29 is 54.3 Å². The number of nitrogens with zero attached hydrogens (tertiary/aromatic N) is 7. The van der Waals surface area contributed by atoms with Gasteiger partial charge < -0.3 is 34.1 Å². The Labute approximate surface area is 412 Å². The largest absolute Gasteiger partial charge is 0.744 e. The Morgan fingerprint density at radius 1 is 0.875 bits per heavy atom. The first-order chi connectivity index (χ1) is 34.3. The molecule has 1 aliphatic heterocycles. The van der Waals surface area contributed by atoms with Gasteiger partial charge in [0.1, 0.15) is 30.0 Å². The van der Waals surface area contributed by atoms with Gasteiger partial charge in [0.2, 0.25) is 17.7 Å². The Hall–Kier alpha value is -8.10. The number of amides is 2. The molecule has 23 nitrogen and oxygen atoms in total. The number of carbonyl (C=O) groups excluding carboxylic acids is 2. The number of aryl methyl sites for hydroxylation is 2. The van der Waals surface area contributed by atoms with Crippen LogP contribution in [0.2, 0.25) is 5.02 Å². The first-order valence-corrected chi connectivity index (χ1v) is 25.1. The molecule has 0 saturated carbocycles. The number of anilines is 2. The molecular formula is C46H38ClN11O12S2-2. The van der Waals surface area contributed by atoms with Crippen LogP contribution in [0.25, 0.3) is 61.6 Å². The lowest BCUT2D eigenvalue weighted by molar-refractivity contribution is -0.116. The van der Waals surface area contributed by atoms with Crippen LogP contribution in [0.3, 0.4) is 0 Å². The van der Waals surface area contributed by atoms with Crippen LogP contribution in [0.1, 0.15) is 64.9 Å². The molecule has 5 heterocycles. The quantitative estimate of drug-likeness (QED) is 0.0292. The third-order valence-corrected chi connectivity index (χ3v) is 13.6. The molecule has 26 heteroatoms. The normalized spacial score (nSPS) is 12.0. The highest BCUT2D eigenvalue weighted by atomic mass is 35.5. The van der Waals surface area contributed by atoms with Crippen LogP contribution in [0.5, 0.6) is 0 Å². The molecule has 0 spiro atoms. The fourth-order valence-electron chi connectivity index (χ4n) is 8.27. The third kappa shape index (κ3) is 9.95. The number of carbonyl (C=O) groups is 3. The van der Waals surface area contributed by atoms with Crippen molar-refractivity contribution in [2.24, 2.45) is 0 Å². The summed E-state index contributed by atoms with van der Waals surface area (Å²) in [4.78, 5) is 46.1. The molecule has 0 bridgehead atoms. The number of hydrogen-bond acceptors (Lipinski definition) is 18. The summed E-state index contributed by atoms with van der Waals surface area (Å²) in [5, 5.41) is 37.2. The molecule has 4 aromatic heterocycles. The van der Waals surface area contributed by atoms with E-state index < -0.39 is 69.9 Å². The summed E-state index contributed by atoms with van der Waals surface area (Å²) in [5.41, 5.74) is 5.11. The van der Waals surface area contributed by atoms with Crippen LogP contribution in [-0.2, 0) is 38.0 Å². The van der Waals surface area contributed by atoms with Gasteiger partial charge in [-0.05, 0) is 98.0 Å². The Bertz CT molecular complexity index is 3890. The number of halogens is 1. The van der Waals surface area contributed by atoms with E-state index in [0.717, 1.165) is 37.5 Å². The number of benzene rings is 4. The predicted octanol–water partition coefficient (Wildman–Crippen LogP) is 5.82. The molecule has 370 valence electrons. The van der Waals surface area contributed by atoms with E-state index in [4.69, 9.17) is 31.6 Å². The lowest BCUT2D eigenvalue weighted by Crippen LogP contribution is -2.24. The minimum atomic E-state index is -5.47. The van der Waals surface area contributed by atoms with E-state index in [-0.39, 0.29) is 52.5 Å². The molecule has 0 atom stereocenters. The SMILES string of the molecule is N=c1ccc2c(-c3ccc(C(=O)NCCCCCCn4cc(CCCC(=O)Nc5nc6ccc(Cl)cc6c6nc(-c7ccco7)nn56)nn4)cc3C(=O)O)c3ccc(N)c(S(=O)(=O)[O-])c3oc-2c1S(=O)(=O)[O-]. The highest BCUT2D eigenvalue weighted by molar-refractivity contribution is 7.86. The van der Waals surface area contributed by atoms with Gasteiger partial charge in [-0.15, -0.1) is 10.2 Å². The van der Waals surface area contributed by atoms with Gasteiger partial charge in [0.25, 0.3) is 5.91 Å². The molecule has 3 aromatic carbocycles. The molecule has 6 N–H and O–H groups in total. The van der Waals surface area contributed by atoms with Crippen LogP contribution in [-0.4, -0.2) is 90.0 Å². The average molecular weight is 1040 g/mol. The highest BCUT2D eigenvalue weighted by Gasteiger charge is 2.29. The molecule has 1 aliphatic carbocycles. The minimum absolute atomic E-state index is 0.0577. The van der Waals surface area contributed by atoms with Gasteiger partial charge in [0.15, 0.2) is 22.8 Å². The van der Waals surface area contributed by atoms with E-state index in [1.807, 2.05) is 6.20 Å². The minimum Gasteiger partial charge on any atom is -0.744 e. The van der Waals surface area contributed by atoms with Crippen LogP contribution >= 0.6 is 11.6 Å². The molecule has 7 aromatic rings. The van der Waals surface area contributed by atoms with E-state index in [1.54, 1.807) is 35.0 Å². The van der Waals surface area contributed by atoms with Crippen molar-refractivity contribution in [3.05, 3.63) is 112 Å². The number of furan rings is 1. The summed E-state index contributed by atoms with van der Waals surface area (Å²) in [7, 11) is -10.9. The maximum absolute atomic E-state index is 13.3. The first kappa shape index (κ1) is 48.9. The van der Waals surface area contributed by atoms with E-state index in [2.05, 4.69) is 36.0 Å². The smallest absolute Gasteiger partial charge is 0.336 e. The summed E-state index contributed by atoms with van der Waals surface area (Å²) in [5.74, 6) is -2.28. The second-order valence-electron chi connectivity index (χ2n) is 16.4. The fraction of sp³-hybridized carbons (Fsp3) is 0.196. The molecule has 2 amide bonds. The molecule has 0 radical (unpaired) electrons. The topological polar surface area (TPSA) is 360 Å². The number of nitrogens with two attached hydrogens (primary N) is 1. The van der Waals surface area contributed by atoms with Crippen LogP contribution in [0.4, 0.5) is 11.6 Å². The van der Waals surface area contributed by atoms with Crippen molar-refractivity contribution in [1.82, 2.24) is 39.9 Å². The summed E-state index contributed by atoms with van der Waals surface area (Å²) >= 11 is 6.26. The molecule has 0 fully saturated rings. The Morgan fingerprint density at radius 3 is 2.40 bits per heavy atom. The summed E-state index contributed by atoms with van der Waals surface area (Å²) < 4.78 is 88.5. The standard InChI is InChI=1S/C46H40ClN11O12S2/c47-25-11-17-34-31(22-25)43-53-42(35-8-6-20-69-35)55-58(43)46(51-34)52-36(59)9-5-7-26-23-57(56-54-26)19-4-2-1-3-18-50-44(60)24-10-12-27(30(21-24)45(61)62)37-28-13-15-32(48)40(71(63,64)65)38(28)70-39-29(37)14-16-33(49)41(39)72(66,67)68/h6,8,10-17,20-23,48H,1-5,7,9,18-19,49H2,(H,50,60)(H,61,62)(H,51,52,59)(H,63,64,65)(H,66,67,68)/p-2. The van der Waals surface area contributed by atoms with Crippen LogP contribution in [0.15, 0.2) is 104 Å². The molecular weight excluding hydrogens is 998 g/mol. The third-order valence-electron chi connectivity index (χ3n) is 11.5. The number of nitrogen functional groups attached to an aromatic ring is 1. The zero-order valence-electron chi connectivity index (χ0n) is 37.3. The van der Waals surface area contributed by atoms with Gasteiger partial charge in [0.05, 0.1) is 34.1 Å². The van der Waals surface area contributed by atoms with Gasteiger partial charge in [-0.25, -0.2) is 31.6 Å². The molecule has 0 saturated heterocycles. The summed E-state index contributed by atoms with van der Waals surface area (Å²) in [6.45, 7) is 0.827. The van der Waals surface area contributed by atoms with Gasteiger partial charge in [-0.3, -0.25) is 25.0 Å². The van der Waals surface area contributed by atoms with E-state index in [1.165, 1.54) is 35.0 Å². The molecule has 2 aliphatic rings. The number of aromatic carboxylic acids is 1. The maximum atomic E-state index is 13.3. The number of fused-ring (bicyclic) bond motifs is 5. The monoisotopic (exact) mass is 1040 g/mol. The van der Waals surface area contributed by atoms with Crippen molar-refractivity contribution in [1.29, 1.82) is 5.41 Å². The Balaban J connectivity index is 0.782. The number of aromatic nitrogens is 7. The first-order valence-electron chi connectivity index (χ1n) is 21.9. The number of unbranched alkanes of at least 4 members (excludes halogenated alkanes) is 3. The summed E-state index contributed by atoms with van der Waals surface area (Å²) in [6.07, 6.45) is 7.34. The van der Waals surface area contributed by atoms with Crippen molar-refractivity contribution >= 4 is 88.8 Å². The molecule has 0 unspecified atom stereocenters. The summed E-state index contributed by atoms with van der Waals surface area (Å²) in [6, 6.07) is 16.6. The van der Waals surface area contributed by atoms with Gasteiger partial charge >= 0.3 is 5.97 Å². The Kier molecular flexibility index (Phi) is 13.3. The van der Waals surface area contributed by atoms with Crippen molar-refractivity contribution in [3.8, 4) is 34.0 Å². The number of rotatable bonds is 18. The van der Waals surface area contributed by atoms with Crippen molar-refractivity contribution in [3.63, 3.8) is 0 Å². The average Bonchev–Trinajstić information content (AvgIpc) is 4.12. The van der Waals surface area contributed by atoms with Gasteiger partial charge in [-0.2, -0.15) is 4.52 Å². The van der Waals surface area contributed by atoms with Gasteiger partial charge in [-0.1, -0.05) is 35.7 Å². The molecule has 72 heavy (non-hydrogen) atoms. The predicted molar refractivity (Wildman–Crippen MR) is 255 cm³/mol. The zero-order valence-corrected chi connectivity index (χ0v) is 39.7. The van der Waals surface area contributed by atoms with E-state index in [0.29, 0.717) is 64.7 Å². The lowest BCUT2D eigenvalue weighted by atomic mass is 9.89. The number of hydrogen-bond donors (Lipinski definition) is 5. The van der Waals surface area contributed by atoms with Crippen LogP contribution < -0.4 is 21.7 Å². The fourth-order valence-corrected chi connectivity index (χ4v) is 9.89. The van der Waals surface area contributed by atoms with E-state index in [9.17, 15) is 45.4 Å². The number of carboxylic acid groups (broad SMARTS) is 1. The number of carboxylic acids is 1. The highest BCUT2D eigenvalue weighted by Crippen LogP contribution is 2.46. The Morgan fingerprint density at radius 2 is 1.65 bits per heavy atom. The lowest BCUT2D eigenvalue weighted by Gasteiger charge is -2.22. The second kappa shape index (κ2) is 19.6. The second-order valence-corrected chi connectivity index (χ2v) is 19.5. The van der Waals surface area contributed by atoms with Crippen molar-refractivity contribution in [2.75, 3.05) is 17.6 Å². The van der Waals surface area contributed by atoms with Gasteiger partial charge in [0, 0.05) is 58.2 Å². The van der Waals surface area contributed by atoms with Crippen LogP contribution in [0, 0.1) is 5.41 Å².